The number of nitrogen functional groups attached to an aromatic ring is 1. The van der Waals surface area contributed by atoms with E-state index in [0.29, 0.717) is 0 Å². The highest BCUT2D eigenvalue weighted by atomic mass is 28.5. The fourth-order valence-corrected chi connectivity index (χ4v) is 16.1. The molecule has 182 valence electrons. The second kappa shape index (κ2) is 9.24. The highest BCUT2D eigenvalue weighted by Gasteiger charge is 2.61. The largest absolute Gasteiger partial charge is 0.414 e. The molecule has 1 unspecified atom stereocenters. The summed E-state index contributed by atoms with van der Waals surface area (Å²) >= 11 is 0. The Labute approximate surface area is 191 Å². The molecule has 0 radical (unpaired) electrons. The molecule has 1 aromatic heterocycles. The number of rotatable bonds is 5. The first-order valence-corrected chi connectivity index (χ1v) is 15.4. The molecule has 0 spiro atoms. The average molecular weight is 487 g/mol. The van der Waals surface area contributed by atoms with Crippen LogP contribution in [0.4, 0.5) is 5.95 Å². The van der Waals surface area contributed by atoms with Crippen LogP contribution in [0.2, 0.25) is 22.2 Å². The second-order valence-electron chi connectivity index (χ2n) is 10.0. The van der Waals surface area contributed by atoms with Gasteiger partial charge in [0.2, 0.25) is 5.95 Å². The maximum atomic E-state index is 12.4. The maximum absolute atomic E-state index is 12.4. The third-order valence-corrected chi connectivity index (χ3v) is 16.9. The molecule has 3 heterocycles. The van der Waals surface area contributed by atoms with Gasteiger partial charge in [0.25, 0.3) is 0 Å². The zero-order valence-corrected chi connectivity index (χ0v) is 22.3. The topological polar surface area (TPSA) is 131 Å². The van der Waals surface area contributed by atoms with Crippen molar-refractivity contribution in [2.24, 2.45) is 0 Å². The minimum Gasteiger partial charge on any atom is -0.414 e. The summed E-state index contributed by atoms with van der Waals surface area (Å²) in [6.45, 7) is 17.2. The molecule has 4 atom stereocenters. The summed E-state index contributed by atoms with van der Waals surface area (Å²) in [7, 11) is -5.62. The van der Waals surface area contributed by atoms with Crippen LogP contribution < -0.4 is 11.4 Å². The molecule has 2 aliphatic rings. The minimum absolute atomic E-state index is 0.114. The van der Waals surface area contributed by atoms with Gasteiger partial charge in [-0.05, 0) is 22.2 Å². The Kier molecular flexibility index (Phi) is 7.35. The quantitative estimate of drug-likeness (QED) is 0.602. The molecule has 3 N–H and O–H groups in total. The van der Waals surface area contributed by atoms with Crippen LogP contribution in [0.25, 0.3) is 0 Å². The summed E-state index contributed by atoms with van der Waals surface area (Å²) in [6.07, 6.45) is -2.13. The van der Waals surface area contributed by atoms with Gasteiger partial charge in [-0.1, -0.05) is 55.4 Å². The van der Waals surface area contributed by atoms with Crippen LogP contribution in [0.5, 0.6) is 0 Å². The Balaban J connectivity index is 2.07. The van der Waals surface area contributed by atoms with Gasteiger partial charge in [-0.25, -0.2) is 9.78 Å². The number of nitrogens with two attached hydrogens (primary N) is 1. The molecule has 3 rings (SSSR count). The Bertz CT molecular complexity index is 849. The number of aliphatic hydroxyl groups is 1. The normalized spacial score (nSPS) is 30.0. The van der Waals surface area contributed by atoms with Crippen molar-refractivity contribution < 1.29 is 22.8 Å². The molecule has 2 saturated heterocycles. The lowest BCUT2D eigenvalue weighted by molar-refractivity contribution is -0.0604. The molecule has 10 nitrogen and oxygen atoms in total. The van der Waals surface area contributed by atoms with E-state index in [9.17, 15) is 9.90 Å². The van der Waals surface area contributed by atoms with E-state index in [1.54, 1.807) is 0 Å². The fraction of sp³-hybridized carbons (Fsp3) is 0.850. The van der Waals surface area contributed by atoms with Crippen LogP contribution >= 0.6 is 0 Å². The Morgan fingerprint density at radius 2 is 1.62 bits per heavy atom. The number of aliphatic hydroxyl groups excluding tert-OH is 1. The van der Waals surface area contributed by atoms with Crippen molar-refractivity contribution in [3.05, 3.63) is 16.8 Å². The van der Waals surface area contributed by atoms with Crippen LogP contribution in [-0.2, 0) is 17.7 Å². The maximum Gasteiger partial charge on any atom is 0.354 e. The monoisotopic (exact) mass is 486 g/mol. The zero-order chi connectivity index (χ0) is 24.0. The summed E-state index contributed by atoms with van der Waals surface area (Å²) < 4.78 is 27.9. The first kappa shape index (κ1) is 25.5. The number of aromatic nitrogens is 3. The van der Waals surface area contributed by atoms with Crippen LogP contribution in [0.1, 0.15) is 61.6 Å². The van der Waals surface area contributed by atoms with Gasteiger partial charge in [-0.3, -0.25) is 4.57 Å². The van der Waals surface area contributed by atoms with Crippen LogP contribution in [0.3, 0.4) is 0 Å². The van der Waals surface area contributed by atoms with E-state index in [-0.39, 0.29) is 34.7 Å². The van der Waals surface area contributed by atoms with Gasteiger partial charge < -0.3 is 28.5 Å². The van der Waals surface area contributed by atoms with E-state index in [1.807, 2.05) is 0 Å². The molecular weight excluding hydrogens is 448 g/mol. The summed E-state index contributed by atoms with van der Waals surface area (Å²) in [5, 5.41) is 11.2. The predicted molar refractivity (Wildman–Crippen MR) is 124 cm³/mol. The lowest BCUT2D eigenvalue weighted by atomic mass is 10.1. The number of fused-ring (bicyclic) bond motifs is 1. The smallest absolute Gasteiger partial charge is 0.354 e. The summed E-state index contributed by atoms with van der Waals surface area (Å²) in [4.78, 5) is 19.9. The van der Waals surface area contributed by atoms with E-state index in [4.69, 9.17) is 23.4 Å². The van der Waals surface area contributed by atoms with Crippen molar-refractivity contribution >= 4 is 23.1 Å². The summed E-state index contributed by atoms with van der Waals surface area (Å²) in [5.41, 5.74) is 5.50. The van der Waals surface area contributed by atoms with Crippen LogP contribution in [0.15, 0.2) is 11.1 Å². The molecule has 0 bridgehead atoms. The number of hydrogen-bond donors (Lipinski definition) is 2. The van der Waals surface area contributed by atoms with Crippen molar-refractivity contribution in [2.45, 2.75) is 102 Å². The Hall–Kier alpha value is -1.16. The second-order valence-corrected chi connectivity index (χ2v) is 18.9. The lowest BCUT2D eigenvalue weighted by Crippen LogP contribution is -2.65. The van der Waals surface area contributed by atoms with Crippen molar-refractivity contribution in [3.8, 4) is 0 Å². The third-order valence-electron chi connectivity index (χ3n) is 6.66. The van der Waals surface area contributed by atoms with Gasteiger partial charge in [-0.2, -0.15) is 4.98 Å². The molecular formula is C20H38N4O6Si2. The van der Waals surface area contributed by atoms with Gasteiger partial charge in [0.05, 0.1) is 6.61 Å². The Morgan fingerprint density at radius 1 is 1.06 bits per heavy atom. The first-order chi connectivity index (χ1) is 14.9. The van der Waals surface area contributed by atoms with E-state index in [1.165, 1.54) is 6.33 Å². The van der Waals surface area contributed by atoms with Gasteiger partial charge in [0.15, 0.2) is 6.23 Å². The zero-order valence-electron chi connectivity index (χ0n) is 20.3. The molecule has 12 heteroatoms. The highest BCUT2D eigenvalue weighted by Crippen LogP contribution is 2.48. The van der Waals surface area contributed by atoms with E-state index < -0.39 is 47.4 Å². The number of ether oxygens (including phenoxy) is 1. The van der Waals surface area contributed by atoms with E-state index in [2.05, 4.69) is 65.4 Å². The summed E-state index contributed by atoms with van der Waals surface area (Å²) in [5.74, 6) is -0.131. The van der Waals surface area contributed by atoms with Crippen molar-refractivity contribution in [3.63, 3.8) is 0 Å². The molecule has 0 saturated carbocycles. The van der Waals surface area contributed by atoms with Crippen LogP contribution in [-0.4, -0.2) is 61.7 Å². The van der Waals surface area contributed by atoms with E-state index >= 15 is 0 Å². The average Bonchev–Trinajstić information content (AvgIpc) is 2.96. The molecule has 0 aromatic carbocycles. The highest BCUT2D eigenvalue weighted by molar-refractivity contribution is 6.83. The van der Waals surface area contributed by atoms with Crippen LogP contribution in [0, 0.1) is 0 Å². The van der Waals surface area contributed by atoms with Gasteiger partial charge in [-0.15, -0.1) is 0 Å². The number of nitrogens with zero attached hydrogens (tertiary/aromatic N) is 3. The SMILES string of the molecule is CC(C)[Si]1(C(C)C)OC[C@H]2O[C@H](n3cnc(N)nc3=O)[C@H](O)C2O[Si](C(C)C)(C(C)C)O1. The summed E-state index contributed by atoms with van der Waals surface area (Å²) in [6, 6.07) is 0. The molecule has 2 fully saturated rings. The van der Waals surface area contributed by atoms with E-state index in [0.717, 1.165) is 4.57 Å². The predicted octanol–water partition coefficient (Wildman–Crippen LogP) is 2.44. The number of anilines is 1. The molecule has 1 aromatic rings. The molecule has 0 aliphatic carbocycles. The minimum atomic E-state index is -2.90. The Morgan fingerprint density at radius 3 is 2.12 bits per heavy atom. The standard InChI is InChI=1S/C20H38N4O6Si2/c1-11(2)31(12(3)4)27-9-15-17(29-32(30-31,13(5)6)14(7)8)16(25)18(28-15)24-10-22-19(21)23-20(24)26/h10-18,25H,9H2,1-8H3,(H2,21,23,26)/t15-,16-,17?,18+/m1/s1. The van der Waals surface area contributed by atoms with Gasteiger partial charge in [0.1, 0.15) is 24.6 Å². The van der Waals surface area contributed by atoms with Gasteiger partial charge in [0, 0.05) is 0 Å². The van der Waals surface area contributed by atoms with Gasteiger partial charge >= 0.3 is 22.8 Å². The lowest BCUT2D eigenvalue weighted by Gasteiger charge is -2.51. The third kappa shape index (κ3) is 4.21. The van der Waals surface area contributed by atoms with Crippen molar-refractivity contribution in [1.82, 2.24) is 14.5 Å². The van der Waals surface area contributed by atoms with Crippen molar-refractivity contribution in [1.29, 1.82) is 0 Å². The molecule has 32 heavy (non-hydrogen) atoms. The first-order valence-electron chi connectivity index (χ1n) is 11.4. The molecule has 2 aliphatic heterocycles. The van der Waals surface area contributed by atoms with Crippen molar-refractivity contribution in [2.75, 3.05) is 12.3 Å². The molecule has 0 amide bonds. The number of hydrogen-bond acceptors (Lipinski definition) is 9. The fourth-order valence-electron chi connectivity index (χ4n) is 4.90.